The zero-order valence-electron chi connectivity index (χ0n) is 12.1. The number of primary sulfonamides is 1. The summed E-state index contributed by atoms with van der Waals surface area (Å²) in [5, 5.41) is 7.75. The number of rotatable bonds is 4. The van der Waals surface area contributed by atoms with E-state index in [0.29, 0.717) is 15.2 Å². The predicted octanol–water partition coefficient (Wildman–Crippen LogP) is 1.93. The Balaban J connectivity index is 1.71. The van der Waals surface area contributed by atoms with E-state index in [4.69, 9.17) is 17.4 Å². The number of nitrogens with one attached hydrogen (secondary N) is 2. The van der Waals surface area contributed by atoms with Crippen LogP contribution >= 0.6 is 23.6 Å². The van der Waals surface area contributed by atoms with E-state index in [2.05, 4.69) is 15.3 Å². The first kappa shape index (κ1) is 16.7. The highest BCUT2D eigenvalue weighted by atomic mass is 32.2. The third-order valence-corrected chi connectivity index (χ3v) is 5.29. The fraction of sp³-hybridized carbons (Fsp3) is 0.0714. The number of amides is 1. The van der Waals surface area contributed by atoms with Gasteiger partial charge in [-0.2, -0.15) is 0 Å². The highest BCUT2D eigenvalue weighted by Gasteiger charge is 2.10. The number of hydrogen-bond acceptors (Lipinski definition) is 6. The Bertz CT molecular complexity index is 1070. The molecule has 24 heavy (non-hydrogen) atoms. The van der Waals surface area contributed by atoms with Crippen LogP contribution in [-0.4, -0.2) is 24.3 Å². The predicted molar refractivity (Wildman–Crippen MR) is 93.8 cm³/mol. The summed E-state index contributed by atoms with van der Waals surface area (Å²) in [5.41, 5.74) is 1.89. The molecule has 1 aromatic carbocycles. The monoisotopic (exact) mass is 380 g/mol. The van der Waals surface area contributed by atoms with E-state index >= 15 is 0 Å². The molecule has 124 valence electrons. The Kier molecular flexibility index (Phi) is 4.45. The SMILES string of the molecule is NS(=O)(=O)c1ccc(C(=O)NCc2ccc3[nH]c(=S)sc3n2)cc1. The molecule has 0 aliphatic carbocycles. The van der Waals surface area contributed by atoms with Crippen molar-refractivity contribution in [1.82, 2.24) is 15.3 Å². The van der Waals surface area contributed by atoms with Crippen LogP contribution < -0.4 is 10.5 Å². The lowest BCUT2D eigenvalue weighted by atomic mass is 10.2. The summed E-state index contributed by atoms with van der Waals surface area (Å²) >= 11 is 6.43. The molecule has 0 unspecified atom stereocenters. The van der Waals surface area contributed by atoms with Gasteiger partial charge in [-0.3, -0.25) is 4.79 Å². The molecule has 0 spiro atoms. The Hall–Kier alpha value is -2.14. The van der Waals surface area contributed by atoms with Crippen molar-refractivity contribution in [1.29, 1.82) is 0 Å². The van der Waals surface area contributed by atoms with Crippen LogP contribution in [0.15, 0.2) is 41.3 Å². The van der Waals surface area contributed by atoms with E-state index < -0.39 is 10.0 Å². The van der Waals surface area contributed by atoms with Crippen molar-refractivity contribution in [3.63, 3.8) is 0 Å². The summed E-state index contributed by atoms with van der Waals surface area (Å²) < 4.78 is 23.0. The first-order valence-electron chi connectivity index (χ1n) is 6.73. The van der Waals surface area contributed by atoms with Crippen LogP contribution in [0.4, 0.5) is 0 Å². The van der Waals surface area contributed by atoms with Gasteiger partial charge in [0.25, 0.3) is 5.91 Å². The highest BCUT2D eigenvalue weighted by Crippen LogP contribution is 2.17. The molecule has 0 aliphatic rings. The lowest BCUT2D eigenvalue weighted by Crippen LogP contribution is -2.23. The number of H-pyrrole nitrogens is 1. The first-order valence-corrected chi connectivity index (χ1v) is 9.50. The number of sulfonamides is 1. The summed E-state index contributed by atoms with van der Waals surface area (Å²) in [4.78, 5) is 20.3. The van der Waals surface area contributed by atoms with Crippen molar-refractivity contribution >= 4 is 49.8 Å². The number of nitrogens with zero attached hydrogens (tertiary/aromatic N) is 1. The second-order valence-corrected chi connectivity index (χ2v) is 8.15. The molecule has 2 heterocycles. The Labute approximate surface area is 146 Å². The van der Waals surface area contributed by atoms with E-state index in [1.165, 1.54) is 35.6 Å². The van der Waals surface area contributed by atoms with Crippen LogP contribution in [0.2, 0.25) is 0 Å². The minimum absolute atomic E-state index is 0.0418. The molecule has 0 aliphatic heterocycles. The molecule has 0 saturated heterocycles. The topological polar surface area (TPSA) is 118 Å². The standard InChI is InChI=1S/C14H12N4O3S3/c15-24(20,21)10-4-1-8(2-5-10)12(19)16-7-9-3-6-11-13(17-9)23-14(22)18-11/h1-6H,7H2,(H,16,19)(H,18,22)(H2,15,20,21). The van der Waals surface area contributed by atoms with Gasteiger partial charge in [0, 0.05) is 5.56 Å². The molecule has 0 saturated carbocycles. The van der Waals surface area contributed by atoms with Gasteiger partial charge < -0.3 is 10.3 Å². The van der Waals surface area contributed by atoms with Gasteiger partial charge in [-0.05, 0) is 48.6 Å². The molecular formula is C14H12N4O3S3. The number of pyridine rings is 1. The van der Waals surface area contributed by atoms with E-state index in [1.807, 2.05) is 6.07 Å². The first-order chi connectivity index (χ1) is 11.3. The largest absolute Gasteiger partial charge is 0.346 e. The summed E-state index contributed by atoms with van der Waals surface area (Å²) in [5.74, 6) is -0.334. The van der Waals surface area contributed by atoms with E-state index in [0.717, 1.165) is 10.3 Å². The van der Waals surface area contributed by atoms with Crippen LogP contribution in [-0.2, 0) is 16.6 Å². The van der Waals surface area contributed by atoms with Gasteiger partial charge in [0.05, 0.1) is 22.7 Å². The van der Waals surface area contributed by atoms with Gasteiger partial charge >= 0.3 is 0 Å². The summed E-state index contributed by atoms with van der Waals surface area (Å²) in [6.07, 6.45) is 0. The van der Waals surface area contributed by atoms with Gasteiger partial charge in [-0.15, -0.1) is 0 Å². The van der Waals surface area contributed by atoms with Crippen LogP contribution in [0, 0.1) is 3.95 Å². The van der Waals surface area contributed by atoms with Crippen molar-refractivity contribution in [2.75, 3.05) is 0 Å². The third-order valence-electron chi connectivity index (χ3n) is 3.22. The summed E-state index contributed by atoms with van der Waals surface area (Å²) in [6, 6.07) is 9.05. The highest BCUT2D eigenvalue weighted by molar-refractivity contribution is 7.89. The zero-order chi connectivity index (χ0) is 17.3. The molecule has 7 nitrogen and oxygen atoms in total. The Morgan fingerprint density at radius 2 is 1.96 bits per heavy atom. The van der Waals surface area contributed by atoms with Crippen molar-refractivity contribution in [2.24, 2.45) is 5.14 Å². The van der Waals surface area contributed by atoms with Gasteiger partial charge in [0.2, 0.25) is 10.0 Å². The number of aromatic nitrogens is 2. The molecular weight excluding hydrogens is 368 g/mol. The molecule has 0 fully saturated rings. The maximum absolute atomic E-state index is 12.1. The maximum Gasteiger partial charge on any atom is 0.251 e. The normalized spacial score (nSPS) is 11.5. The van der Waals surface area contributed by atoms with Crippen molar-refractivity contribution in [2.45, 2.75) is 11.4 Å². The number of thiazole rings is 1. The minimum atomic E-state index is -3.77. The average Bonchev–Trinajstić information content (AvgIpc) is 2.91. The second-order valence-electron chi connectivity index (χ2n) is 4.92. The number of carbonyl (C=O) groups excluding carboxylic acids is 1. The zero-order valence-corrected chi connectivity index (χ0v) is 14.6. The second kappa shape index (κ2) is 6.40. The Morgan fingerprint density at radius 1 is 1.25 bits per heavy atom. The Morgan fingerprint density at radius 3 is 2.62 bits per heavy atom. The van der Waals surface area contributed by atoms with E-state index in [9.17, 15) is 13.2 Å². The smallest absolute Gasteiger partial charge is 0.251 e. The molecule has 2 aromatic heterocycles. The number of hydrogen-bond donors (Lipinski definition) is 3. The van der Waals surface area contributed by atoms with E-state index in [1.54, 1.807) is 6.07 Å². The molecule has 0 radical (unpaired) electrons. The summed E-state index contributed by atoms with van der Waals surface area (Å²) in [6.45, 7) is 0.246. The number of aromatic amines is 1. The van der Waals surface area contributed by atoms with E-state index in [-0.39, 0.29) is 17.3 Å². The van der Waals surface area contributed by atoms with Crippen LogP contribution in [0.5, 0.6) is 0 Å². The lowest BCUT2D eigenvalue weighted by Gasteiger charge is -2.05. The molecule has 0 atom stereocenters. The van der Waals surface area contributed by atoms with Crippen molar-refractivity contribution < 1.29 is 13.2 Å². The minimum Gasteiger partial charge on any atom is -0.346 e. The fourth-order valence-corrected chi connectivity index (χ4v) is 3.63. The molecule has 0 bridgehead atoms. The van der Waals surface area contributed by atoms with Crippen LogP contribution in [0.25, 0.3) is 10.3 Å². The van der Waals surface area contributed by atoms with Gasteiger partial charge in [-0.25, -0.2) is 18.5 Å². The molecule has 4 N–H and O–H groups in total. The molecule has 3 aromatic rings. The number of nitrogens with two attached hydrogens (primary N) is 1. The van der Waals surface area contributed by atoms with Gasteiger partial charge in [0.15, 0.2) is 3.95 Å². The number of carbonyl (C=O) groups is 1. The fourth-order valence-electron chi connectivity index (χ4n) is 2.04. The van der Waals surface area contributed by atoms with Crippen molar-refractivity contribution in [3.8, 4) is 0 Å². The maximum atomic E-state index is 12.1. The average molecular weight is 380 g/mol. The molecule has 3 rings (SSSR count). The lowest BCUT2D eigenvalue weighted by molar-refractivity contribution is 0.0950. The third kappa shape index (κ3) is 3.67. The van der Waals surface area contributed by atoms with Crippen LogP contribution in [0.3, 0.4) is 0 Å². The van der Waals surface area contributed by atoms with Gasteiger partial charge in [-0.1, -0.05) is 11.3 Å². The van der Waals surface area contributed by atoms with Crippen LogP contribution in [0.1, 0.15) is 16.1 Å². The number of benzene rings is 1. The molecule has 10 heteroatoms. The quantitative estimate of drug-likeness (QED) is 0.598. The van der Waals surface area contributed by atoms with Crippen molar-refractivity contribution in [3.05, 3.63) is 51.6 Å². The number of fused-ring (bicyclic) bond motifs is 1. The molecule has 1 amide bonds. The van der Waals surface area contributed by atoms with Gasteiger partial charge in [0.1, 0.15) is 4.83 Å². The summed E-state index contributed by atoms with van der Waals surface area (Å²) in [7, 11) is -3.77.